The predicted molar refractivity (Wildman–Crippen MR) is 87.3 cm³/mol. The molecule has 2 unspecified atom stereocenters. The number of likely N-dealkylation sites (N-methyl/N-ethyl adjacent to an activating group) is 1. The summed E-state index contributed by atoms with van der Waals surface area (Å²) in [4.78, 5) is 2.29. The molecule has 1 aromatic rings. The molecule has 0 bridgehead atoms. The fourth-order valence-electron chi connectivity index (χ4n) is 2.98. The van der Waals surface area contributed by atoms with Crippen molar-refractivity contribution in [2.75, 3.05) is 39.3 Å². The summed E-state index contributed by atoms with van der Waals surface area (Å²) < 4.78 is 11.4. The van der Waals surface area contributed by atoms with Gasteiger partial charge in [-0.1, -0.05) is 6.07 Å². The van der Waals surface area contributed by atoms with Gasteiger partial charge in [0.2, 0.25) is 0 Å². The molecule has 0 radical (unpaired) electrons. The lowest BCUT2D eigenvalue weighted by atomic mass is 10.0. The molecule has 118 valence electrons. The molecule has 0 aliphatic carbocycles. The largest absolute Gasteiger partial charge is 0.496 e. The molecular weight excluding hydrogens is 264 g/mol. The number of nitrogens with zero attached hydrogens (tertiary/aromatic N) is 1. The molecule has 1 saturated heterocycles. The van der Waals surface area contributed by atoms with Crippen LogP contribution in [-0.2, 0) is 4.74 Å². The normalized spacial score (nSPS) is 20.1. The quantitative estimate of drug-likeness (QED) is 0.874. The molecule has 0 saturated carbocycles. The second-order valence-electron chi connectivity index (χ2n) is 5.77. The van der Waals surface area contributed by atoms with Crippen molar-refractivity contribution in [1.82, 2.24) is 5.32 Å². The Morgan fingerprint density at radius 1 is 1.43 bits per heavy atom. The van der Waals surface area contributed by atoms with Gasteiger partial charge in [0.15, 0.2) is 0 Å². The Hall–Kier alpha value is -1.26. The highest BCUT2D eigenvalue weighted by atomic mass is 16.5. The van der Waals surface area contributed by atoms with E-state index in [4.69, 9.17) is 9.47 Å². The van der Waals surface area contributed by atoms with Crippen molar-refractivity contribution in [3.8, 4) is 5.75 Å². The Bertz CT molecular complexity index is 444. The molecule has 0 amide bonds. The molecule has 0 aromatic heterocycles. The molecule has 0 spiro atoms. The second kappa shape index (κ2) is 7.66. The number of benzene rings is 1. The maximum absolute atomic E-state index is 5.86. The average molecular weight is 292 g/mol. The zero-order valence-electron chi connectivity index (χ0n) is 13.7. The molecule has 2 rings (SSSR count). The number of rotatable bonds is 6. The van der Waals surface area contributed by atoms with Crippen LogP contribution in [0.5, 0.6) is 5.75 Å². The smallest absolute Gasteiger partial charge is 0.125 e. The van der Waals surface area contributed by atoms with Crippen LogP contribution >= 0.6 is 0 Å². The van der Waals surface area contributed by atoms with E-state index in [1.54, 1.807) is 7.11 Å². The topological polar surface area (TPSA) is 33.7 Å². The van der Waals surface area contributed by atoms with Crippen LogP contribution in [0.25, 0.3) is 0 Å². The maximum atomic E-state index is 5.86. The highest BCUT2D eigenvalue weighted by molar-refractivity contribution is 5.60. The van der Waals surface area contributed by atoms with Gasteiger partial charge >= 0.3 is 0 Å². The van der Waals surface area contributed by atoms with Gasteiger partial charge in [-0.05, 0) is 45.4 Å². The third-order valence-corrected chi connectivity index (χ3v) is 4.29. The van der Waals surface area contributed by atoms with Crippen molar-refractivity contribution in [2.24, 2.45) is 0 Å². The summed E-state index contributed by atoms with van der Waals surface area (Å²) in [6, 6.07) is 6.48. The fraction of sp³-hybridized carbons (Fsp3) is 0.647. The van der Waals surface area contributed by atoms with E-state index in [9.17, 15) is 0 Å². The van der Waals surface area contributed by atoms with Crippen molar-refractivity contribution in [3.63, 3.8) is 0 Å². The number of hydrogen-bond donors (Lipinski definition) is 1. The lowest BCUT2D eigenvalue weighted by molar-refractivity contribution is 0.0216. The van der Waals surface area contributed by atoms with Gasteiger partial charge in [0.1, 0.15) is 5.75 Å². The molecule has 1 heterocycles. The molecule has 4 heteroatoms. The van der Waals surface area contributed by atoms with E-state index in [0.29, 0.717) is 6.10 Å². The second-order valence-corrected chi connectivity index (χ2v) is 5.77. The van der Waals surface area contributed by atoms with Crippen LogP contribution in [0.15, 0.2) is 18.2 Å². The number of hydrogen-bond acceptors (Lipinski definition) is 4. The van der Waals surface area contributed by atoms with E-state index < -0.39 is 0 Å². The van der Waals surface area contributed by atoms with Gasteiger partial charge in [-0.3, -0.25) is 0 Å². The predicted octanol–water partition coefficient (Wildman–Crippen LogP) is 2.98. The average Bonchev–Trinajstić information content (AvgIpc) is 2.54. The van der Waals surface area contributed by atoms with E-state index >= 15 is 0 Å². The van der Waals surface area contributed by atoms with E-state index in [1.807, 2.05) is 13.1 Å². The third-order valence-electron chi connectivity index (χ3n) is 4.29. The summed E-state index contributed by atoms with van der Waals surface area (Å²) in [5, 5.41) is 3.32. The number of ether oxygens (including phenoxy) is 2. The Balaban J connectivity index is 2.20. The minimum absolute atomic E-state index is 0.242. The Morgan fingerprint density at radius 2 is 2.24 bits per heavy atom. The molecule has 1 fully saturated rings. The van der Waals surface area contributed by atoms with E-state index in [0.717, 1.165) is 25.3 Å². The number of methoxy groups -OCH3 is 1. The van der Waals surface area contributed by atoms with Crippen molar-refractivity contribution >= 4 is 5.69 Å². The van der Waals surface area contributed by atoms with Crippen LogP contribution in [0, 0.1) is 0 Å². The first-order valence-corrected chi connectivity index (χ1v) is 7.84. The van der Waals surface area contributed by atoms with Gasteiger partial charge in [0, 0.05) is 37.5 Å². The van der Waals surface area contributed by atoms with Crippen LogP contribution in [-0.4, -0.2) is 40.5 Å². The molecule has 1 aliphatic rings. The Kier molecular flexibility index (Phi) is 5.88. The third kappa shape index (κ3) is 3.89. The molecular formula is C17H28N2O2. The van der Waals surface area contributed by atoms with Gasteiger partial charge in [0.05, 0.1) is 13.2 Å². The summed E-state index contributed by atoms with van der Waals surface area (Å²) >= 11 is 0. The Morgan fingerprint density at radius 3 is 2.86 bits per heavy atom. The Labute approximate surface area is 128 Å². The van der Waals surface area contributed by atoms with Gasteiger partial charge in [-0.15, -0.1) is 0 Å². The van der Waals surface area contributed by atoms with Crippen molar-refractivity contribution in [2.45, 2.75) is 38.3 Å². The number of anilines is 1. The van der Waals surface area contributed by atoms with Gasteiger partial charge in [-0.25, -0.2) is 0 Å². The van der Waals surface area contributed by atoms with Crippen LogP contribution < -0.4 is 15.0 Å². The molecule has 21 heavy (non-hydrogen) atoms. The first kappa shape index (κ1) is 16.1. The SMILES string of the molecule is CNC(C)c1c(OC)cccc1N(C)CC1CCCCO1. The zero-order chi connectivity index (χ0) is 15.2. The molecule has 1 N–H and O–H groups in total. The monoisotopic (exact) mass is 292 g/mol. The van der Waals surface area contributed by atoms with Gasteiger partial charge in [0.25, 0.3) is 0 Å². The first-order chi connectivity index (χ1) is 10.2. The first-order valence-electron chi connectivity index (χ1n) is 7.84. The van der Waals surface area contributed by atoms with Crippen LogP contribution in [0.4, 0.5) is 5.69 Å². The maximum Gasteiger partial charge on any atom is 0.125 e. The van der Waals surface area contributed by atoms with Crippen molar-refractivity contribution < 1.29 is 9.47 Å². The summed E-state index contributed by atoms with van der Waals surface area (Å²) in [5.74, 6) is 0.936. The van der Waals surface area contributed by atoms with E-state index in [2.05, 4.69) is 36.3 Å². The van der Waals surface area contributed by atoms with E-state index in [1.165, 1.54) is 24.1 Å². The zero-order valence-corrected chi connectivity index (χ0v) is 13.7. The van der Waals surface area contributed by atoms with Crippen LogP contribution in [0.3, 0.4) is 0 Å². The minimum atomic E-state index is 0.242. The highest BCUT2D eigenvalue weighted by Crippen LogP contribution is 2.34. The minimum Gasteiger partial charge on any atom is -0.496 e. The molecule has 4 nitrogen and oxygen atoms in total. The highest BCUT2D eigenvalue weighted by Gasteiger charge is 2.21. The lowest BCUT2D eigenvalue weighted by Gasteiger charge is -2.31. The van der Waals surface area contributed by atoms with Gasteiger partial charge < -0.3 is 19.7 Å². The molecule has 1 aliphatic heterocycles. The fourth-order valence-corrected chi connectivity index (χ4v) is 2.98. The van der Waals surface area contributed by atoms with Crippen molar-refractivity contribution in [1.29, 1.82) is 0 Å². The van der Waals surface area contributed by atoms with E-state index in [-0.39, 0.29) is 6.04 Å². The summed E-state index contributed by atoms with van der Waals surface area (Å²) in [5.41, 5.74) is 2.42. The summed E-state index contributed by atoms with van der Waals surface area (Å²) in [6.45, 7) is 3.99. The molecule has 2 atom stereocenters. The summed E-state index contributed by atoms with van der Waals surface area (Å²) in [7, 11) is 5.85. The van der Waals surface area contributed by atoms with Crippen LogP contribution in [0.1, 0.15) is 37.8 Å². The lowest BCUT2D eigenvalue weighted by Crippen LogP contribution is -2.34. The standard InChI is InChI=1S/C17H28N2O2/c1-13(18-2)17-15(9-7-10-16(17)20-4)19(3)12-14-8-5-6-11-21-14/h7,9-10,13-14,18H,5-6,8,11-12H2,1-4H3. The molecule has 1 aromatic carbocycles. The van der Waals surface area contributed by atoms with Crippen molar-refractivity contribution in [3.05, 3.63) is 23.8 Å². The number of nitrogens with one attached hydrogen (secondary N) is 1. The summed E-state index contributed by atoms with van der Waals surface area (Å²) in [6.07, 6.45) is 3.97. The van der Waals surface area contributed by atoms with Crippen LogP contribution in [0.2, 0.25) is 0 Å². The van der Waals surface area contributed by atoms with Gasteiger partial charge in [-0.2, -0.15) is 0 Å².